The van der Waals surface area contributed by atoms with Crippen molar-refractivity contribution in [3.63, 3.8) is 0 Å². The predicted octanol–water partition coefficient (Wildman–Crippen LogP) is 4.00. The molecule has 0 unspecified atom stereocenters. The lowest BCUT2D eigenvalue weighted by atomic mass is 10.2. The number of hydrogen-bond donors (Lipinski definition) is 1. The number of aromatic nitrogens is 4. The Bertz CT molecular complexity index is 1080. The van der Waals surface area contributed by atoms with E-state index in [-0.39, 0.29) is 4.90 Å². The molecule has 1 aliphatic rings. The molecule has 10 heteroatoms. The fourth-order valence-corrected chi connectivity index (χ4v) is 5.12. The van der Waals surface area contributed by atoms with Gasteiger partial charge in [0.15, 0.2) is 5.82 Å². The van der Waals surface area contributed by atoms with Gasteiger partial charge < -0.3 is 0 Å². The molecular weight excluding hydrogens is 486 g/mol. The van der Waals surface area contributed by atoms with Crippen LogP contribution in [0.2, 0.25) is 0 Å². The second-order valence-corrected chi connectivity index (χ2v) is 9.36. The zero-order valence-corrected chi connectivity index (χ0v) is 17.3. The molecule has 1 aromatic heterocycles. The molecule has 0 radical (unpaired) electrons. The Labute approximate surface area is 167 Å². The predicted molar refractivity (Wildman–Crippen MR) is 104 cm³/mol. The fourth-order valence-electron chi connectivity index (χ4n) is 2.56. The molecular formula is C16H13Br2N5O2S. The average molecular weight is 499 g/mol. The Morgan fingerprint density at radius 3 is 2.69 bits per heavy atom. The summed E-state index contributed by atoms with van der Waals surface area (Å²) in [5.41, 5.74) is 1.20. The van der Waals surface area contributed by atoms with E-state index < -0.39 is 10.0 Å². The number of nitrogens with zero attached hydrogens (tertiary/aromatic N) is 4. The van der Waals surface area contributed by atoms with E-state index in [1.54, 1.807) is 41.1 Å². The third kappa shape index (κ3) is 3.53. The lowest BCUT2D eigenvalue weighted by Crippen LogP contribution is -2.13. The van der Waals surface area contributed by atoms with Crippen LogP contribution in [-0.2, 0) is 10.0 Å². The molecule has 0 saturated heterocycles. The van der Waals surface area contributed by atoms with Crippen LogP contribution in [0, 0.1) is 0 Å². The maximum Gasteiger partial charge on any atom is 0.263 e. The Morgan fingerprint density at radius 2 is 1.92 bits per heavy atom. The summed E-state index contributed by atoms with van der Waals surface area (Å²) in [6.45, 7) is 0. The van der Waals surface area contributed by atoms with Crippen molar-refractivity contribution >= 4 is 47.6 Å². The molecule has 26 heavy (non-hydrogen) atoms. The van der Waals surface area contributed by atoms with Crippen molar-refractivity contribution in [3.05, 3.63) is 51.4 Å². The van der Waals surface area contributed by atoms with E-state index in [0.29, 0.717) is 26.5 Å². The molecule has 1 aliphatic carbocycles. The standard InChI is InChI=1S/C16H13Br2N5O2S/c17-11-4-7-14(18)15(9-11)26(24,25)20-12-3-1-2-10(8-12)16-19-21-22-23(16)13-5-6-13/h1-4,7-9,13,20H,5-6H2. The van der Waals surface area contributed by atoms with Crippen LogP contribution in [0.3, 0.4) is 0 Å². The molecule has 4 rings (SSSR count). The number of nitrogens with one attached hydrogen (secondary N) is 1. The van der Waals surface area contributed by atoms with Crippen molar-refractivity contribution in [2.75, 3.05) is 4.72 Å². The van der Waals surface area contributed by atoms with E-state index in [2.05, 4.69) is 52.1 Å². The molecule has 2 aromatic carbocycles. The zero-order valence-electron chi connectivity index (χ0n) is 13.3. The Morgan fingerprint density at radius 1 is 1.12 bits per heavy atom. The number of tetrazole rings is 1. The molecule has 1 fully saturated rings. The van der Waals surface area contributed by atoms with Crippen LogP contribution < -0.4 is 4.72 Å². The summed E-state index contributed by atoms with van der Waals surface area (Å²) >= 11 is 6.59. The second-order valence-electron chi connectivity index (χ2n) is 5.94. The van der Waals surface area contributed by atoms with Gasteiger partial charge in [0.2, 0.25) is 0 Å². The number of halogens is 2. The summed E-state index contributed by atoms with van der Waals surface area (Å²) < 4.78 is 31.1. The van der Waals surface area contributed by atoms with Gasteiger partial charge in [0.1, 0.15) is 4.90 Å². The molecule has 1 saturated carbocycles. The van der Waals surface area contributed by atoms with Crippen molar-refractivity contribution in [1.29, 1.82) is 0 Å². The van der Waals surface area contributed by atoms with Gasteiger partial charge in [-0.05, 0) is 69.5 Å². The highest BCUT2D eigenvalue weighted by molar-refractivity contribution is 9.11. The van der Waals surface area contributed by atoms with Crippen molar-refractivity contribution in [3.8, 4) is 11.4 Å². The van der Waals surface area contributed by atoms with Gasteiger partial charge in [-0.25, -0.2) is 13.1 Å². The first-order chi connectivity index (χ1) is 12.4. The van der Waals surface area contributed by atoms with E-state index in [9.17, 15) is 8.42 Å². The number of benzene rings is 2. The topological polar surface area (TPSA) is 89.8 Å². The van der Waals surface area contributed by atoms with Crippen LogP contribution in [-0.4, -0.2) is 28.6 Å². The summed E-state index contributed by atoms with van der Waals surface area (Å²) in [5.74, 6) is 0.636. The fraction of sp³-hybridized carbons (Fsp3) is 0.188. The maximum absolute atomic E-state index is 12.8. The van der Waals surface area contributed by atoms with Crippen LogP contribution >= 0.6 is 31.9 Å². The first-order valence-corrected chi connectivity index (χ1v) is 10.9. The van der Waals surface area contributed by atoms with Gasteiger partial charge in [0.25, 0.3) is 10.0 Å². The van der Waals surface area contributed by atoms with Crippen molar-refractivity contribution in [2.45, 2.75) is 23.8 Å². The van der Waals surface area contributed by atoms with E-state index in [4.69, 9.17) is 0 Å². The van der Waals surface area contributed by atoms with Crippen LogP contribution in [0.1, 0.15) is 18.9 Å². The van der Waals surface area contributed by atoms with Gasteiger partial charge in [-0.3, -0.25) is 4.72 Å². The quantitative estimate of drug-likeness (QED) is 0.574. The first-order valence-electron chi connectivity index (χ1n) is 7.80. The van der Waals surface area contributed by atoms with Gasteiger partial charge in [-0.2, -0.15) is 0 Å². The molecule has 3 aromatic rings. The number of rotatable bonds is 5. The Balaban J connectivity index is 1.67. The summed E-state index contributed by atoms with van der Waals surface area (Å²) in [5, 5.41) is 11.9. The number of hydrogen-bond acceptors (Lipinski definition) is 5. The minimum Gasteiger partial charge on any atom is -0.280 e. The molecule has 1 heterocycles. The number of anilines is 1. The molecule has 0 bridgehead atoms. The molecule has 0 spiro atoms. The largest absolute Gasteiger partial charge is 0.280 e. The summed E-state index contributed by atoms with van der Waals surface area (Å²) in [6, 6.07) is 12.4. The molecule has 134 valence electrons. The average Bonchev–Trinajstić information content (AvgIpc) is 3.33. The Kier molecular flexibility index (Phi) is 4.57. The Hall–Kier alpha value is -1.78. The van der Waals surface area contributed by atoms with Crippen LogP contribution in [0.15, 0.2) is 56.3 Å². The van der Waals surface area contributed by atoms with E-state index in [0.717, 1.165) is 18.4 Å². The van der Waals surface area contributed by atoms with Crippen molar-refractivity contribution in [1.82, 2.24) is 20.2 Å². The van der Waals surface area contributed by atoms with Gasteiger partial charge >= 0.3 is 0 Å². The maximum atomic E-state index is 12.8. The summed E-state index contributed by atoms with van der Waals surface area (Å²) in [4.78, 5) is 0.153. The zero-order chi connectivity index (χ0) is 18.3. The minimum absolute atomic E-state index is 0.153. The third-order valence-corrected chi connectivity index (χ3v) is 6.81. The van der Waals surface area contributed by atoms with Crippen molar-refractivity contribution < 1.29 is 8.42 Å². The van der Waals surface area contributed by atoms with Crippen LogP contribution in [0.5, 0.6) is 0 Å². The minimum atomic E-state index is -3.75. The summed E-state index contributed by atoms with van der Waals surface area (Å²) in [6.07, 6.45) is 2.11. The van der Waals surface area contributed by atoms with Gasteiger partial charge in [0, 0.05) is 20.2 Å². The molecule has 1 N–H and O–H groups in total. The normalized spacial score (nSPS) is 14.4. The van der Waals surface area contributed by atoms with E-state index >= 15 is 0 Å². The van der Waals surface area contributed by atoms with E-state index in [1.165, 1.54) is 0 Å². The highest BCUT2D eigenvalue weighted by Crippen LogP contribution is 2.37. The van der Waals surface area contributed by atoms with E-state index in [1.807, 2.05) is 6.07 Å². The molecule has 0 atom stereocenters. The van der Waals surface area contributed by atoms with Gasteiger partial charge in [-0.1, -0.05) is 28.1 Å². The highest BCUT2D eigenvalue weighted by atomic mass is 79.9. The monoisotopic (exact) mass is 497 g/mol. The van der Waals surface area contributed by atoms with Crippen LogP contribution in [0.4, 0.5) is 5.69 Å². The molecule has 7 nitrogen and oxygen atoms in total. The third-order valence-electron chi connectivity index (χ3n) is 3.94. The summed E-state index contributed by atoms with van der Waals surface area (Å²) in [7, 11) is -3.75. The van der Waals surface area contributed by atoms with Crippen LogP contribution in [0.25, 0.3) is 11.4 Å². The lowest BCUT2D eigenvalue weighted by Gasteiger charge is -2.11. The smallest absolute Gasteiger partial charge is 0.263 e. The molecule has 0 aliphatic heterocycles. The van der Waals surface area contributed by atoms with Gasteiger partial charge in [0.05, 0.1) is 6.04 Å². The number of sulfonamides is 1. The first kappa shape index (κ1) is 17.6. The molecule has 0 amide bonds. The highest BCUT2D eigenvalue weighted by Gasteiger charge is 2.28. The van der Waals surface area contributed by atoms with Crippen molar-refractivity contribution in [2.24, 2.45) is 0 Å². The SMILES string of the molecule is O=S(=O)(Nc1cccc(-c2nnnn2C2CC2)c1)c1cc(Br)ccc1Br. The second kappa shape index (κ2) is 6.75. The van der Waals surface area contributed by atoms with Gasteiger partial charge in [-0.15, -0.1) is 5.10 Å². The lowest BCUT2D eigenvalue weighted by molar-refractivity contribution is 0.600.